The molecule has 1 fully saturated rings. The second kappa shape index (κ2) is 9.13. The van der Waals surface area contributed by atoms with Gasteiger partial charge >= 0.3 is 15.2 Å². The van der Waals surface area contributed by atoms with Crippen molar-refractivity contribution in [3.63, 3.8) is 0 Å². The van der Waals surface area contributed by atoms with E-state index in [1.54, 1.807) is 58.0 Å². The lowest BCUT2D eigenvalue weighted by molar-refractivity contribution is 0.0957. The van der Waals surface area contributed by atoms with Crippen LogP contribution in [0.1, 0.15) is 44.5 Å². The molecule has 0 saturated heterocycles. The van der Waals surface area contributed by atoms with Crippen molar-refractivity contribution in [3.8, 4) is 0 Å². The number of carbonyl (C=O) groups is 1. The molecule has 0 aromatic heterocycles. The second-order valence-corrected chi connectivity index (χ2v) is 11.0. The molecule has 9 heteroatoms. The largest absolute Gasteiger partial charge is 0.349 e. The van der Waals surface area contributed by atoms with Crippen LogP contribution in [0.15, 0.2) is 30.3 Å². The van der Waals surface area contributed by atoms with E-state index in [9.17, 15) is 13.9 Å². The predicted octanol–water partition coefficient (Wildman–Crippen LogP) is 5.12. The number of carbonyl (C=O) groups excluding carboxylic acids is 1. The molecule has 27 heavy (non-hydrogen) atoms. The fourth-order valence-corrected chi connectivity index (χ4v) is 9.41. The molecule has 0 heterocycles. The number of benzene rings is 1. The Hall–Kier alpha value is -0.810. The van der Waals surface area contributed by atoms with E-state index >= 15 is 0 Å². The first kappa shape index (κ1) is 22.5. The normalized spacial score (nSPS) is 19.0. The Bertz CT molecular complexity index is 684. The molecule has 0 spiro atoms. The fourth-order valence-electron chi connectivity index (χ4n) is 3.30. The van der Waals surface area contributed by atoms with Crippen molar-refractivity contribution in [1.29, 1.82) is 0 Å². The van der Waals surface area contributed by atoms with Crippen LogP contribution < -0.4 is 0 Å². The summed E-state index contributed by atoms with van der Waals surface area (Å²) in [5.41, 5.74) is 0.448. The van der Waals surface area contributed by atoms with Gasteiger partial charge in [0.1, 0.15) is 0 Å². The Labute approximate surface area is 160 Å². The molecule has 1 atom stereocenters. The van der Waals surface area contributed by atoms with Crippen LogP contribution in [0.5, 0.6) is 0 Å². The zero-order chi connectivity index (χ0) is 20.1. The number of ketones is 1. The smallest absolute Gasteiger partial charge is 0.308 e. The maximum Gasteiger partial charge on any atom is 0.349 e. The number of hydrogen-bond acceptors (Lipinski definition) is 7. The van der Waals surface area contributed by atoms with E-state index in [4.69, 9.17) is 18.1 Å². The fraction of sp³-hybridized carbons (Fsp3) is 0.611. The van der Waals surface area contributed by atoms with Crippen LogP contribution in [-0.2, 0) is 27.2 Å². The quantitative estimate of drug-likeness (QED) is 0.344. The van der Waals surface area contributed by atoms with Gasteiger partial charge in [0.15, 0.2) is 10.7 Å². The topological polar surface area (TPSA) is 88.1 Å². The third-order valence-corrected chi connectivity index (χ3v) is 11.2. The highest BCUT2D eigenvalue weighted by Gasteiger charge is 2.81. The number of hydrogen-bond donors (Lipinski definition) is 0. The van der Waals surface area contributed by atoms with E-state index < -0.39 is 26.0 Å². The summed E-state index contributed by atoms with van der Waals surface area (Å²) in [6.45, 7) is 7.02. The molecule has 1 aliphatic carbocycles. The maximum atomic E-state index is 13.7. The first-order valence-corrected chi connectivity index (χ1v) is 12.3. The molecule has 0 bridgehead atoms. The molecule has 0 N–H and O–H groups in total. The van der Waals surface area contributed by atoms with E-state index in [1.165, 1.54) is 0 Å². The lowest BCUT2D eigenvalue weighted by Crippen LogP contribution is -2.24. The van der Waals surface area contributed by atoms with Crippen LogP contribution in [0.4, 0.5) is 0 Å². The number of Topliss-reactive ketones (excluding diaryl/α,β-unsaturated/α-hetero) is 1. The third kappa shape index (κ3) is 4.00. The zero-order valence-electron chi connectivity index (χ0n) is 16.3. The summed E-state index contributed by atoms with van der Waals surface area (Å²) in [4.78, 5) is 11.4. The van der Waals surface area contributed by atoms with Gasteiger partial charge in [-0.05, 0) is 34.1 Å². The summed E-state index contributed by atoms with van der Waals surface area (Å²) in [5, 5.41) is 0. The Morgan fingerprint density at radius 3 is 1.67 bits per heavy atom. The van der Waals surface area contributed by atoms with Crippen molar-refractivity contribution in [2.45, 2.75) is 39.0 Å². The summed E-state index contributed by atoms with van der Waals surface area (Å²) in [6.07, 6.45) is 0.0648. The Morgan fingerprint density at radius 1 is 0.889 bits per heavy atom. The van der Waals surface area contributed by atoms with Crippen LogP contribution in [0.2, 0.25) is 0 Å². The van der Waals surface area contributed by atoms with Crippen molar-refractivity contribution < 1.29 is 32.0 Å². The summed E-state index contributed by atoms with van der Waals surface area (Å²) < 4.78 is 49.4. The Balaban J connectivity index is 2.56. The monoisotopic (exact) mass is 418 g/mol. The van der Waals surface area contributed by atoms with Crippen molar-refractivity contribution >= 4 is 21.0 Å². The van der Waals surface area contributed by atoms with Gasteiger partial charge in [-0.2, -0.15) is 0 Å². The molecule has 0 aliphatic heterocycles. The van der Waals surface area contributed by atoms with Gasteiger partial charge in [-0.15, -0.1) is 0 Å². The minimum absolute atomic E-state index is 0.0648. The van der Waals surface area contributed by atoms with Gasteiger partial charge in [0.05, 0.1) is 32.3 Å². The molecule has 152 valence electrons. The van der Waals surface area contributed by atoms with Crippen molar-refractivity contribution in [3.05, 3.63) is 35.9 Å². The predicted molar refractivity (Wildman–Crippen MR) is 103 cm³/mol. The van der Waals surface area contributed by atoms with E-state index in [2.05, 4.69) is 0 Å². The van der Waals surface area contributed by atoms with E-state index in [0.29, 0.717) is 5.56 Å². The SMILES string of the molecule is CCOP(=O)(OCC)C1(P(=O)(OCC)OCC)CC1C(=O)c1ccccc1. The minimum Gasteiger partial charge on any atom is -0.308 e. The minimum atomic E-state index is -3.96. The molecule has 1 aliphatic rings. The molecule has 0 amide bonds. The van der Waals surface area contributed by atoms with Gasteiger partial charge in [0.25, 0.3) is 0 Å². The van der Waals surface area contributed by atoms with Gasteiger partial charge < -0.3 is 18.1 Å². The lowest BCUT2D eigenvalue weighted by Gasteiger charge is -2.32. The highest BCUT2D eigenvalue weighted by atomic mass is 31.2. The number of rotatable bonds is 12. The molecule has 1 aromatic carbocycles. The first-order valence-electron chi connectivity index (χ1n) is 9.23. The van der Waals surface area contributed by atoms with Gasteiger partial charge in [-0.1, -0.05) is 30.3 Å². The van der Waals surface area contributed by atoms with E-state index in [0.717, 1.165) is 0 Å². The molecule has 2 rings (SSSR count). The molecular weight excluding hydrogens is 390 g/mol. The van der Waals surface area contributed by atoms with Crippen LogP contribution in [0.25, 0.3) is 0 Å². The summed E-state index contributed by atoms with van der Waals surface area (Å²) in [6, 6.07) is 8.63. The van der Waals surface area contributed by atoms with E-state index in [-0.39, 0.29) is 38.6 Å². The Kier molecular flexibility index (Phi) is 7.60. The lowest BCUT2D eigenvalue weighted by atomic mass is 10.1. The highest BCUT2D eigenvalue weighted by Crippen LogP contribution is 2.89. The Morgan fingerprint density at radius 2 is 1.30 bits per heavy atom. The molecule has 7 nitrogen and oxygen atoms in total. The molecule has 1 aromatic rings. The van der Waals surface area contributed by atoms with Gasteiger partial charge in [-0.25, -0.2) is 0 Å². The highest BCUT2D eigenvalue weighted by molar-refractivity contribution is 7.75. The average Bonchev–Trinajstić information content (AvgIpc) is 3.41. The summed E-state index contributed by atoms with van der Waals surface area (Å²) in [7, 11) is -7.91. The second-order valence-electron chi connectivity index (χ2n) is 6.03. The maximum absolute atomic E-state index is 13.7. The summed E-state index contributed by atoms with van der Waals surface area (Å²) in [5.74, 6) is -1.09. The van der Waals surface area contributed by atoms with Gasteiger partial charge in [-0.3, -0.25) is 13.9 Å². The molecule has 0 radical (unpaired) electrons. The molecule has 1 saturated carbocycles. The van der Waals surface area contributed by atoms with Gasteiger partial charge in [0, 0.05) is 5.56 Å². The standard InChI is InChI=1S/C18H28O7P2/c1-5-22-26(20,23-6-2)18(27(21,24-7-3)25-8-4)14-16(18)17(19)15-12-10-9-11-13-15/h9-13,16H,5-8,14H2,1-4H3. The summed E-state index contributed by atoms with van der Waals surface area (Å²) >= 11 is 0. The van der Waals surface area contributed by atoms with Crippen LogP contribution >= 0.6 is 15.2 Å². The zero-order valence-corrected chi connectivity index (χ0v) is 18.0. The molecule has 1 unspecified atom stereocenters. The average molecular weight is 418 g/mol. The van der Waals surface area contributed by atoms with Crippen LogP contribution in [0.3, 0.4) is 0 Å². The third-order valence-electron chi connectivity index (χ3n) is 4.42. The van der Waals surface area contributed by atoms with Crippen molar-refractivity contribution in [1.82, 2.24) is 0 Å². The van der Waals surface area contributed by atoms with Crippen LogP contribution in [0, 0.1) is 5.92 Å². The van der Waals surface area contributed by atoms with Gasteiger partial charge in [0.2, 0.25) is 0 Å². The van der Waals surface area contributed by atoms with E-state index in [1.807, 2.05) is 0 Å². The van der Waals surface area contributed by atoms with Crippen molar-refractivity contribution in [2.24, 2.45) is 5.92 Å². The molecular formula is C18H28O7P2. The van der Waals surface area contributed by atoms with Crippen LogP contribution in [-0.4, -0.2) is 37.1 Å². The first-order chi connectivity index (χ1) is 12.9. The van der Waals surface area contributed by atoms with Crippen molar-refractivity contribution in [2.75, 3.05) is 26.4 Å².